The van der Waals surface area contributed by atoms with Crippen molar-refractivity contribution >= 4 is 23.5 Å². The molecular weight excluding hydrogens is 471 g/mol. The number of halogens is 3. The van der Waals surface area contributed by atoms with Gasteiger partial charge in [0.1, 0.15) is 22.7 Å². The average molecular weight is 489 g/mol. The van der Waals surface area contributed by atoms with E-state index in [1.54, 1.807) is 0 Å². The quantitative estimate of drug-likeness (QED) is 0.500. The molecule has 0 saturated carbocycles. The Bertz CT molecular complexity index is 1330. The molecule has 1 unspecified atom stereocenters. The highest BCUT2D eigenvalue weighted by Crippen LogP contribution is 2.37. The van der Waals surface area contributed by atoms with Gasteiger partial charge in [-0.2, -0.15) is 0 Å². The molecule has 3 heterocycles. The first kappa shape index (κ1) is 23.7. The van der Waals surface area contributed by atoms with Crippen LogP contribution in [0.2, 0.25) is 0 Å². The molecular formula is C21H18F3N7O4. The predicted octanol–water partition coefficient (Wildman–Crippen LogP) is 2.95. The van der Waals surface area contributed by atoms with Crippen LogP contribution in [0.1, 0.15) is 40.9 Å². The van der Waals surface area contributed by atoms with Crippen LogP contribution in [-0.2, 0) is 12.1 Å². The zero-order valence-corrected chi connectivity index (χ0v) is 18.3. The maximum atomic E-state index is 15.0. The van der Waals surface area contributed by atoms with Crippen LogP contribution < -0.4 is 15.4 Å². The normalized spacial score (nSPS) is 16.9. The van der Waals surface area contributed by atoms with Crippen molar-refractivity contribution in [2.75, 3.05) is 12.4 Å². The largest absolute Gasteiger partial charge is 0.480 e. The highest BCUT2D eigenvalue weighted by Gasteiger charge is 2.38. The third kappa shape index (κ3) is 4.62. The number of carbonyl (C=O) groups excluding carboxylic acids is 1. The minimum absolute atomic E-state index is 0.0313. The Kier molecular flexibility index (Phi) is 6.11. The molecule has 0 bridgehead atoms. The number of nitrogens with one attached hydrogen (secondary N) is 2. The van der Waals surface area contributed by atoms with Crippen LogP contribution in [0, 0.1) is 5.82 Å². The Hall–Kier alpha value is -4.49. The average Bonchev–Trinajstić information content (AvgIpc) is 3.24. The molecule has 0 fully saturated rings. The molecule has 11 nitrogen and oxygen atoms in total. The second kappa shape index (κ2) is 9.04. The molecule has 182 valence electrons. The summed E-state index contributed by atoms with van der Waals surface area (Å²) >= 11 is 0. The van der Waals surface area contributed by atoms with E-state index in [4.69, 9.17) is 9.84 Å². The maximum absolute atomic E-state index is 15.0. The van der Waals surface area contributed by atoms with Crippen LogP contribution in [0.25, 0.3) is 0 Å². The van der Waals surface area contributed by atoms with E-state index in [-0.39, 0.29) is 41.0 Å². The van der Waals surface area contributed by atoms with Gasteiger partial charge in [0.2, 0.25) is 5.88 Å². The van der Waals surface area contributed by atoms with E-state index >= 15 is 0 Å². The summed E-state index contributed by atoms with van der Waals surface area (Å²) in [6.45, 7) is 1.19. The monoisotopic (exact) mass is 489 g/mol. The molecule has 0 saturated heterocycles. The molecule has 1 atom stereocenters. The van der Waals surface area contributed by atoms with Crippen LogP contribution in [0.3, 0.4) is 0 Å². The number of hydrogen-bond acceptors (Lipinski definition) is 7. The molecule has 2 amide bonds. The number of aromatic nitrogens is 4. The van der Waals surface area contributed by atoms with Crippen molar-refractivity contribution in [2.24, 2.45) is 4.99 Å². The Labute approximate surface area is 195 Å². The Balaban J connectivity index is 1.71. The van der Waals surface area contributed by atoms with Gasteiger partial charge in [0, 0.05) is 11.3 Å². The number of benzene rings is 1. The number of nitrogens with zero attached hydrogens (tertiary/aromatic N) is 5. The summed E-state index contributed by atoms with van der Waals surface area (Å²) in [7, 11) is 1.40. The summed E-state index contributed by atoms with van der Waals surface area (Å²) in [4.78, 5) is 39.8. The molecule has 0 radical (unpaired) electrons. The zero-order valence-electron chi connectivity index (χ0n) is 18.3. The number of rotatable bonds is 5. The van der Waals surface area contributed by atoms with Crippen molar-refractivity contribution in [2.45, 2.75) is 25.4 Å². The van der Waals surface area contributed by atoms with Crippen molar-refractivity contribution < 1.29 is 32.6 Å². The fourth-order valence-electron chi connectivity index (χ4n) is 3.64. The van der Waals surface area contributed by atoms with Crippen molar-refractivity contribution in [1.29, 1.82) is 0 Å². The lowest BCUT2D eigenvalue weighted by Crippen LogP contribution is -2.42. The SMILES string of the molecule is COc1cnc(C(=O)Nc2ccc(F)c(C3(C)Cn4c(C(F)F)cnc4C(NC(=O)O)=N3)c2)cn1. The van der Waals surface area contributed by atoms with Gasteiger partial charge >= 0.3 is 6.09 Å². The van der Waals surface area contributed by atoms with Gasteiger partial charge in [0.05, 0.1) is 32.2 Å². The van der Waals surface area contributed by atoms with Crippen LogP contribution >= 0.6 is 0 Å². The lowest BCUT2D eigenvalue weighted by Gasteiger charge is -2.33. The molecule has 1 aliphatic rings. The third-order valence-electron chi connectivity index (χ3n) is 5.25. The number of fused-ring (bicyclic) bond motifs is 1. The van der Waals surface area contributed by atoms with Gasteiger partial charge in [-0.05, 0) is 25.1 Å². The van der Waals surface area contributed by atoms with E-state index in [2.05, 4.69) is 25.3 Å². The predicted molar refractivity (Wildman–Crippen MR) is 115 cm³/mol. The summed E-state index contributed by atoms with van der Waals surface area (Å²) in [6, 6.07) is 3.66. The molecule has 1 aromatic carbocycles. The number of carbonyl (C=O) groups is 2. The first-order valence-corrected chi connectivity index (χ1v) is 10.0. The zero-order chi connectivity index (χ0) is 25.3. The number of carboxylic acid groups (broad SMARTS) is 1. The molecule has 4 rings (SSSR count). The molecule has 1 aliphatic heterocycles. The third-order valence-corrected chi connectivity index (χ3v) is 5.25. The van der Waals surface area contributed by atoms with Crippen LogP contribution in [0.15, 0.2) is 41.8 Å². The highest BCUT2D eigenvalue weighted by atomic mass is 19.3. The van der Waals surface area contributed by atoms with Crippen LogP contribution in [0.4, 0.5) is 23.7 Å². The molecule has 0 spiro atoms. The topological polar surface area (TPSA) is 144 Å². The van der Waals surface area contributed by atoms with Crippen molar-refractivity contribution in [3.05, 3.63) is 65.4 Å². The molecule has 3 N–H and O–H groups in total. The number of amides is 2. The van der Waals surface area contributed by atoms with E-state index in [0.29, 0.717) is 0 Å². The van der Waals surface area contributed by atoms with Crippen molar-refractivity contribution in [3.63, 3.8) is 0 Å². The first-order valence-electron chi connectivity index (χ1n) is 10.0. The molecule has 2 aromatic heterocycles. The molecule has 35 heavy (non-hydrogen) atoms. The van der Waals surface area contributed by atoms with Crippen molar-refractivity contribution in [1.82, 2.24) is 24.8 Å². The number of ether oxygens (including phenoxy) is 1. The van der Waals surface area contributed by atoms with Gasteiger partial charge in [-0.3, -0.25) is 15.1 Å². The van der Waals surface area contributed by atoms with Gasteiger partial charge in [0.15, 0.2) is 11.7 Å². The van der Waals surface area contributed by atoms with Gasteiger partial charge in [-0.1, -0.05) is 0 Å². The van der Waals surface area contributed by atoms with Crippen LogP contribution in [0.5, 0.6) is 5.88 Å². The Morgan fingerprint density at radius 2 is 1.94 bits per heavy atom. The van der Waals surface area contributed by atoms with E-state index in [1.165, 1.54) is 38.6 Å². The minimum atomic E-state index is -2.91. The van der Waals surface area contributed by atoms with Crippen molar-refractivity contribution in [3.8, 4) is 5.88 Å². The molecule has 14 heteroatoms. The number of alkyl halides is 2. The summed E-state index contributed by atoms with van der Waals surface area (Å²) in [5, 5.41) is 13.8. The minimum Gasteiger partial charge on any atom is -0.480 e. The smallest absolute Gasteiger partial charge is 0.410 e. The Morgan fingerprint density at radius 3 is 2.57 bits per heavy atom. The summed E-state index contributed by atoms with van der Waals surface area (Å²) in [6.07, 6.45) is -1.05. The van der Waals surface area contributed by atoms with Crippen LogP contribution in [-0.4, -0.2) is 49.6 Å². The van der Waals surface area contributed by atoms with Gasteiger partial charge in [0.25, 0.3) is 12.3 Å². The van der Waals surface area contributed by atoms with E-state index < -0.39 is 35.5 Å². The van der Waals surface area contributed by atoms with E-state index in [9.17, 15) is 22.8 Å². The first-order chi connectivity index (χ1) is 16.6. The lowest BCUT2D eigenvalue weighted by molar-refractivity contribution is 0.102. The lowest BCUT2D eigenvalue weighted by atomic mass is 9.90. The maximum Gasteiger partial charge on any atom is 0.410 e. The number of methoxy groups -OCH3 is 1. The summed E-state index contributed by atoms with van der Waals surface area (Å²) in [5.74, 6) is -1.61. The summed E-state index contributed by atoms with van der Waals surface area (Å²) < 4.78 is 48.0. The van der Waals surface area contributed by atoms with E-state index in [1.807, 2.05) is 5.32 Å². The molecule has 0 aliphatic carbocycles. The highest BCUT2D eigenvalue weighted by molar-refractivity contribution is 6.05. The number of hydrogen-bond donors (Lipinski definition) is 3. The number of anilines is 1. The fraction of sp³-hybridized carbons (Fsp3) is 0.238. The second-order valence-corrected chi connectivity index (χ2v) is 7.65. The Morgan fingerprint density at radius 1 is 1.17 bits per heavy atom. The molecule has 3 aromatic rings. The second-order valence-electron chi connectivity index (χ2n) is 7.65. The number of amidine groups is 1. The van der Waals surface area contributed by atoms with Gasteiger partial charge < -0.3 is 19.7 Å². The van der Waals surface area contributed by atoms with Gasteiger partial charge in [-0.15, -0.1) is 0 Å². The number of imidazole rings is 1. The number of aliphatic imine (C=N–C) groups is 1. The fourth-order valence-corrected chi connectivity index (χ4v) is 3.64. The van der Waals surface area contributed by atoms with E-state index in [0.717, 1.165) is 16.8 Å². The summed E-state index contributed by atoms with van der Waals surface area (Å²) in [5.41, 5.74) is -1.94. The van der Waals surface area contributed by atoms with Gasteiger partial charge in [-0.25, -0.2) is 32.9 Å². The standard InChI is InChI=1S/C21H18F3N7O4/c1-21(9-31-14(16(23)24)7-27-18(31)17(30-21)29-20(33)34)11-5-10(3-4-12(11)22)28-19(32)13-6-26-15(35-2)8-25-13/h3-8,16H,9H2,1-2H3,(H,28,32)(H,29,30)(H,33,34).